The Morgan fingerprint density at radius 2 is 2.12 bits per heavy atom. The minimum Gasteiger partial charge on any atom is -0.359 e. The number of amides is 1. The molecule has 5 nitrogen and oxygen atoms in total. The van der Waals surface area contributed by atoms with E-state index in [1.807, 2.05) is 18.2 Å². The zero-order chi connectivity index (χ0) is 23.5. The van der Waals surface area contributed by atoms with Crippen molar-refractivity contribution >= 4 is 39.7 Å². The van der Waals surface area contributed by atoms with Gasteiger partial charge in [0.15, 0.2) is 0 Å². The summed E-state index contributed by atoms with van der Waals surface area (Å²) in [5.74, 6) is -0.143. The number of para-hydroxylation sites is 1. The van der Waals surface area contributed by atoms with Crippen LogP contribution in [0.25, 0.3) is 16.5 Å². The molecule has 0 unspecified atom stereocenters. The van der Waals surface area contributed by atoms with Crippen LogP contribution in [-0.2, 0) is 6.42 Å². The van der Waals surface area contributed by atoms with Gasteiger partial charge in [-0.25, -0.2) is 0 Å². The van der Waals surface area contributed by atoms with E-state index in [4.69, 9.17) is 11.6 Å². The Morgan fingerprint density at radius 1 is 1.21 bits per heavy atom. The molecular formula is C28H27ClN4O. The van der Waals surface area contributed by atoms with Crippen molar-refractivity contribution in [2.45, 2.75) is 19.8 Å². The van der Waals surface area contributed by atoms with Gasteiger partial charge in [-0.3, -0.25) is 14.7 Å². The van der Waals surface area contributed by atoms with Gasteiger partial charge in [-0.1, -0.05) is 35.9 Å². The number of hydrogen-bond donors (Lipinski definition) is 2. The molecule has 1 aliphatic heterocycles. The fourth-order valence-electron chi connectivity index (χ4n) is 4.54. The Bertz CT molecular complexity index is 1360. The van der Waals surface area contributed by atoms with E-state index < -0.39 is 0 Å². The number of H-pyrrole nitrogens is 1. The summed E-state index contributed by atoms with van der Waals surface area (Å²) < 4.78 is 0. The molecule has 1 amide bonds. The quantitative estimate of drug-likeness (QED) is 0.357. The SMILES string of the molecule is Cc1ccc(NC(=O)c2cccnc2)cc1CCN1CC=C(c2c[nH]c3c(Cl)cccc23)CC1. The van der Waals surface area contributed by atoms with Gasteiger partial charge in [0.1, 0.15) is 0 Å². The second kappa shape index (κ2) is 9.84. The number of fused-ring (bicyclic) bond motifs is 1. The van der Waals surface area contributed by atoms with E-state index in [0.717, 1.165) is 48.7 Å². The number of carbonyl (C=O) groups is 1. The van der Waals surface area contributed by atoms with Gasteiger partial charge < -0.3 is 10.3 Å². The summed E-state index contributed by atoms with van der Waals surface area (Å²) >= 11 is 6.33. The summed E-state index contributed by atoms with van der Waals surface area (Å²) in [6.45, 7) is 5.05. The van der Waals surface area contributed by atoms with Crippen molar-refractivity contribution in [3.05, 3.63) is 100 Å². The number of carbonyl (C=O) groups excluding carboxylic acids is 1. The number of rotatable bonds is 6. The molecule has 0 saturated heterocycles. The highest BCUT2D eigenvalue weighted by atomic mass is 35.5. The Balaban J connectivity index is 1.22. The van der Waals surface area contributed by atoms with E-state index in [0.29, 0.717) is 5.56 Å². The number of hydrogen-bond acceptors (Lipinski definition) is 3. The Morgan fingerprint density at radius 3 is 2.91 bits per heavy atom. The van der Waals surface area contributed by atoms with Gasteiger partial charge in [-0.2, -0.15) is 0 Å². The standard InChI is InChI=1S/C28H27ClN4O/c1-19-7-8-23(32-28(34)22-4-3-12-30-17-22)16-21(19)11-15-33-13-9-20(10-14-33)25-18-31-27-24(25)5-2-6-26(27)29/h2-9,12,16-18,31H,10-11,13-15H2,1H3,(H,32,34). The minimum atomic E-state index is -0.143. The third-order valence-corrected chi connectivity index (χ3v) is 6.85. The molecule has 0 bridgehead atoms. The van der Waals surface area contributed by atoms with E-state index in [2.05, 4.69) is 57.6 Å². The summed E-state index contributed by atoms with van der Waals surface area (Å²) in [4.78, 5) is 22.3. The molecule has 2 aromatic heterocycles. The van der Waals surface area contributed by atoms with Crippen LogP contribution in [0.15, 0.2) is 73.2 Å². The lowest BCUT2D eigenvalue weighted by atomic mass is 9.98. The lowest BCUT2D eigenvalue weighted by Crippen LogP contribution is -2.30. The number of benzene rings is 2. The smallest absolute Gasteiger partial charge is 0.257 e. The van der Waals surface area contributed by atoms with E-state index in [-0.39, 0.29) is 5.91 Å². The molecule has 34 heavy (non-hydrogen) atoms. The molecule has 6 heteroatoms. The number of nitrogens with zero attached hydrogens (tertiary/aromatic N) is 2. The maximum Gasteiger partial charge on any atom is 0.257 e. The van der Waals surface area contributed by atoms with Crippen LogP contribution < -0.4 is 5.32 Å². The molecule has 5 rings (SSSR count). The maximum absolute atomic E-state index is 12.5. The molecule has 0 spiro atoms. The average molecular weight is 471 g/mol. The van der Waals surface area contributed by atoms with Crippen LogP contribution in [0, 0.1) is 6.92 Å². The van der Waals surface area contributed by atoms with Gasteiger partial charge in [0, 0.05) is 54.9 Å². The normalized spacial score (nSPS) is 14.2. The monoisotopic (exact) mass is 470 g/mol. The first-order chi connectivity index (χ1) is 16.6. The van der Waals surface area contributed by atoms with Crippen LogP contribution >= 0.6 is 11.6 Å². The van der Waals surface area contributed by atoms with Crippen LogP contribution in [0.1, 0.15) is 33.5 Å². The zero-order valence-corrected chi connectivity index (χ0v) is 19.9. The molecular weight excluding hydrogens is 444 g/mol. The minimum absolute atomic E-state index is 0.143. The topological polar surface area (TPSA) is 61.0 Å². The average Bonchev–Trinajstić information content (AvgIpc) is 3.31. The fourth-order valence-corrected chi connectivity index (χ4v) is 4.77. The van der Waals surface area contributed by atoms with Crippen molar-refractivity contribution in [2.24, 2.45) is 0 Å². The van der Waals surface area contributed by atoms with Crippen LogP contribution in [0.3, 0.4) is 0 Å². The first kappa shape index (κ1) is 22.4. The predicted molar refractivity (Wildman–Crippen MR) is 139 cm³/mol. The van der Waals surface area contributed by atoms with Crippen molar-refractivity contribution in [1.82, 2.24) is 14.9 Å². The van der Waals surface area contributed by atoms with Gasteiger partial charge in [-0.05, 0) is 66.8 Å². The van der Waals surface area contributed by atoms with Crippen molar-refractivity contribution in [3.63, 3.8) is 0 Å². The molecule has 2 aromatic carbocycles. The lowest BCUT2D eigenvalue weighted by molar-refractivity contribution is 0.102. The number of pyridine rings is 1. The highest BCUT2D eigenvalue weighted by Gasteiger charge is 2.17. The molecule has 3 heterocycles. The van der Waals surface area contributed by atoms with Crippen LogP contribution in [0.2, 0.25) is 5.02 Å². The molecule has 0 radical (unpaired) electrons. The largest absolute Gasteiger partial charge is 0.359 e. The summed E-state index contributed by atoms with van der Waals surface area (Å²) in [6.07, 6.45) is 9.61. The van der Waals surface area contributed by atoms with Crippen LogP contribution in [0.5, 0.6) is 0 Å². The number of aromatic nitrogens is 2. The maximum atomic E-state index is 12.5. The molecule has 0 aliphatic carbocycles. The Kier molecular flexibility index (Phi) is 6.48. The van der Waals surface area contributed by atoms with Crippen LogP contribution in [0.4, 0.5) is 5.69 Å². The van der Waals surface area contributed by atoms with Crippen molar-refractivity contribution < 1.29 is 4.79 Å². The van der Waals surface area contributed by atoms with Gasteiger partial charge in [-0.15, -0.1) is 0 Å². The molecule has 172 valence electrons. The highest BCUT2D eigenvalue weighted by Crippen LogP contribution is 2.32. The summed E-state index contributed by atoms with van der Waals surface area (Å²) in [5, 5.41) is 4.94. The van der Waals surface area contributed by atoms with Gasteiger partial charge in [0.25, 0.3) is 5.91 Å². The zero-order valence-electron chi connectivity index (χ0n) is 19.1. The summed E-state index contributed by atoms with van der Waals surface area (Å²) in [7, 11) is 0. The van der Waals surface area contributed by atoms with E-state index in [9.17, 15) is 4.79 Å². The number of aromatic amines is 1. The van der Waals surface area contributed by atoms with E-state index in [1.165, 1.54) is 27.6 Å². The summed E-state index contributed by atoms with van der Waals surface area (Å²) in [5.41, 5.74) is 7.50. The highest BCUT2D eigenvalue weighted by molar-refractivity contribution is 6.35. The van der Waals surface area contributed by atoms with Crippen LogP contribution in [-0.4, -0.2) is 40.4 Å². The Hall–Kier alpha value is -3.41. The molecule has 4 aromatic rings. The van der Waals surface area contributed by atoms with Gasteiger partial charge >= 0.3 is 0 Å². The molecule has 0 fully saturated rings. The predicted octanol–water partition coefficient (Wildman–Crippen LogP) is 6.11. The second-order valence-corrected chi connectivity index (χ2v) is 9.14. The van der Waals surface area contributed by atoms with Crippen molar-refractivity contribution in [2.75, 3.05) is 25.0 Å². The van der Waals surface area contributed by atoms with E-state index >= 15 is 0 Å². The van der Waals surface area contributed by atoms with Gasteiger partial charge in [0.05, 0.1) is 16.1 Å². The number of aryl methyl sites for hydroxylation is 1. The number of halogens is 1. The third kappa shape index (κ3) is 4.76. The third-order valence-electron chi connectivity index (χ3n) is 6.53. The second-order valence-electron chi connectivity index (χ2n) is 8.73. The first-order valence-electron chi connectivity index (χ1n) is 11.6. The Labute approximate surface area is 204 Å². The number of anilines is 1. The number of nitrogens with one attached hydrogen (secondary N) is 2. The molecule has 2 N–H and O–H groups in total. The molecule has 0 saturated carbocycles. The van der Waals surface area contributed by atoms with Gasteiger partial charge in [0.2, 0.25) is 0 Å². The summed E-state index contributed by atoms with van der Waals surface area (Å²) in [6, 6.07) is 15.7. The van der Waals surface area contributed by atoms with Crippen molar-refractivity contribution in [3.8, 4) is 0 Å². The first-order valence-corrected chi connectivity index (χ1v) is 11.9. The fraction of sp³-hybridized carbons (Fsp3) is 0.214. The van der Waals surface area contributed by atoms with E-state index in [1.54, 1.807) is 24.5 Å². The van der Waals surface area contributed by atoms with Crippen molar-refractivity contribution in [1.29, 1.82) is 0 Å². The lowest BCUT2D eigenvalue weighted by Gasteiger charge is -2.26. The molecule has 0 atom stereocenters. The molecule has 1 aliphatic rings.